The first-order valence-electron chi connectivity index (χ1n) is 7.12. The van der Waals surface area contributed by atoms with Crippen molar-refractivity contribution in [1.29, 1.82) is 0 Å². The molecule has 1 aromatic heterocycles. The number of nitrogens with zero attached hydrogens (tertiary/aromatic N) is 1. The fourth-order valence-electron chi connectivity index (χ4n) is 1.87. The van der Waals surface area contributed by atoms with E-state index in [0.717, 1.165) is 17.0 Å². The lowest BCUT2D eigenvalue weighted by Crippen LogP contribution is -2.45. The Morgan fingerprint density at radius 3 is 2.58 bits per heavy atom. The molecule has 2 rings (SSSR count). The number of hydrogen-bond acceptors (Lipinski definition) is 4. The molecule has 8 heteroatoms. The lowest BCUT2D eigenvalue weighted by molar-refractivity contribution is -0.119. The maximum absolute atomic E-state index is 13.2. The fraction of sp³-hybridized carbons (Fsp3) is 0.375. The molecule has 0 saturated carbocycles. The first kappa shape index (κ1) is 20.5. The average Bonchev–Trinajstić information content (AvgIpc) is 2.88. The second kappa shape index (κ2) is 8.00. The van der Waals surface area contributed by atoms with Gasteiger partial charge in [-0.3, -0.25) is 4.79 Å². The lowest BCUT2D eigenvalue weighted by Gasteiger charge is -2.25. The zero-order valence-electron chi connectivity index (χ0n) is 13.6. The van der Waals surface area contributed by atoms with Gasteiger partial charge in [0.25, 0.3) is 0 Å². The molecule has 0 bridgehead atoms. The average molecular weight is 376 g/mol. The monoisotopic (exact) mass is 375 g/mol. The largest absolute Gasteiger partial charge is 0.319 e. The normalized spacial score (nSPS) is 12.4. The molecule has 0 aliphatic heterocycles. The van der Waals surface area contributed by atoms with Gasteiger partial charge < -0.3 is 11.1 Å². The number of benzene rings is 1. The summed E-state index contributed by atoms with van der Waals surface area (Å²) in [6.07, 6.45) is 2.01. The Bertz CT molecular complexity index is 716. The number of anilines is 1. The van der Waals surface area contributed by atoms with Crippen molar-refractivity contribution < 1.29 is 13.6 Å². The highest BCUT2D eigenvalue weighted by atomic mass is 35.5. The van der Waals surface area contributed by atoms with E-state index in [-0.39, 0.29) is 23.7 Å². The number of nitrogens with one attached hydrogen (secondary N) is 1. The number of amides is 1. The second-order valence-electron chi connectivity index (χ2n) is 6.39. The Labute approximate surface area is 149 Å². The minimum absolute atomic E-state index is 0. The van der Waals surface area contributed by atoms with E-state index in [0.29, 0.717) is 17.1 Å². The summed E-state index contributed by atoms with van der Waals surface area (Å²) in [5.74, 6) is -2.05. The van der Waals surface area contributed by atoms with Gasteiger partial charge in [-0.15, -0.1) is 23.7 Å². The number of halogens is 3. The lowest BCUT2D eigenvalue weighted by atomic mass is 9.87. The van der Waals surface area contributed by atoms with Gasteiger partial charge in [-0.1, -0.05) is 26.8 Å². The van der Waals surface area contributed by atoms with E-state index in [2.05, 4.69) is 10.3 Å². The maximum Gasteiger partial charge on any atom is 0.243 e. The first-order valence-corrected chi connectivity index (χ1v) is 7.93. The first-order chi connectivity index (χ1) is 10.7. The molecule has 2 aromatic rings. The Balaban J connectivity index is 0.00000288. The summed E-state index contributed by atoms with van der Waals surface area (Å²) in [6, 6.07) is 3.12. The molecule has 24 heavy (non-hydrogen) atoms. The molecule has 132 valence electrons. The van der Waals surface area contributed by atoms with Crippen molar-refractivity contribution in [2.75, 3.05) is 5.32 Å². The van der Waals surface area contributed by atoms with E-state index in [4.69, 9.17) is 5.73 Å². The Morgan fingerprint density at radius 1 is 1.33 bits per heavy atom. The van der Waals surface area contributed by atoms with Crippen LogP contribution in [0.5, 0.6) is 0 Å². The molecular formula is C16H20ClF2N3OS. The summed E-state index contributed by atoms with van der Waals surface area (Å²) in [5, 5.41) is 3.12. The molecule has 1 heterocycles. The standard InChI is InChI=1S/C16H19F2N3OS.ClH/c1-16(2,3)13(19)14(22)21-15-20-8-10(23-15)6-9-4-5-11(17)12(18)7-9;/h4-5,7-8,13H,6,19H2,1-3H3,(H,20,21,22);1H/t13-;/m1./s1. The molecule has 0 aliphatic rings. The van der Waals surface area contributed by atoms with Crippen molar-refractivity contribution >= 4 is 34.8 Å². The van der Waals surface area contributed by atoms with Crippen LogP contribution in [0.15, 0.2) is 24.4 Å². The second-order valence-corrected chi connectivity index (χ2v) is 7.51. The minimum Gasteiger partial charge on any atom is -0.319 e. The maximum atomic E-state index is 13.2. The van der Waals surface area contributed by atoms with Crippen molar-refractivity contribution in [2.24, 2.45) is 11.1 Å². The summed E-state index contributed by atoms with van der Waals surface area (Å²) >= 11 is 1.28. The molecule has 0 radical (unpaired) electrons. The van der Waals surface area contributed by atoms with Gasteiger partial charge in [-0.25, -0.2) is 13.8 Å². The van der Waals surface area contributed by atoms with Crippen LogP contribution in [-0.2, 0) is 11.2 Å². The van der Waals surface area contributed by atoms with Gasteiger partial charge in [-0.05, 0) is 23.1 Å². The van der Waals surface area contributed by atoms with Crippen molar-refractivity contribution in [3.63, 3.8) is 0 Å². The van der Waals surface area contributed by atoms with E-state index in [1.54, 1.807) is 6.20 Å². The van der Waals surface area contributed by atoms with Crippen molar-refractivity contribution in [1.82, 2.24) is 4.98 Å². The molecule has 4 nitrogen and oxygen atoms in total. The zero-order chi connectivity index (χ0) is 17.2. The van der Waals surface area contributed by atoms with Gasteiger partial charge in [0, 0.05) is 17.5 Å². The number of rotatable bonds is 4. The van der Waals surface area contributed by atoms with Crippen LogP contribution in [0, 0.1) is 17.0 Å². The predicted octanol–water partition coefficient (Wildman–Crippen LogP) is 3.75. The number of nitrogens with two attached hydrogens (primary N) is 1. The van der Waals surface area contributed by atoms with Gasteiger partial charge in [0.2, 0.25) is 5.91 Å². The van der Waals surface area contributed by atoms with Crippen LogP contribution >= 0.6 is 23.7 Å². The fourth-order valence-corrected chi connectivity index (χ4v) is 2.72. The molecule has 0 unspecified atom stereocenters. The van der Waals surface area contributed by atoms with Crippen LogP contribution in [0.2, 0.25) is 0 Å². The zero-order valence-corrected chi connectivity index (χ0v) is 15.2. The smallest absolute Gasteiger partial charge is 0.243 e. The third-order valence-corrected chi connectivity index (χ3v) is 4.27. The Morgan fingerprint density at radius 2 is 2.00 bits per heavy atom. The number of aromatic nitrogens is 1. The van der Waals surface area contributed by atoms with Crippen molar-refractivity contribution in [2.45, 2.75) is 33.2 Å². The number of thiazole rings is 1. The highest BCUT2D eigenvalue weighted by molar-refractivity contribution is 7.15. The molecule has 1 amide bonds. The van der Waals surface area contributed by atoms with E-state index in [1.807, 2.05) is 20.8 Å². The summed E-state index contributed by atoms with van der Waals surface area (Å²) in [6.45, 7) is 5.65. The molecule has 0 aliphatic carbocycles. The molecule has 1 aromatic carbocycles. The number of carbonyl (C=O) groups excluding carboxylic acids is 1. The highest BCUT2D eigenvalue weighted by Crippen LogP contribution is 2.24. The molecular weight excluding hydrogens is 356 g/mol. The van der Waals surface area contributed by atoms with Crippen molar-refractivity contribution in [3.05, 3.63) is 46.5 Å². The SMILES string of the molecule is CC(C)(C)[C@H](N)C(=O)Nc1ncc(Cc2ccc(F)c(F)c2)s1.Cl. The molecule has 3 N–H and O–H groups in total. The summed E-state index contributed by atoms with van der Waals surface area (Å²) < 4.78 is 26.1. The van der Waals surface area contributed by atoms with Crippen LogP contribution < -0.4 is 11.1 Å². The van der Waals surface area contributed by atoms with E-state index in [9.17, 15) is 13.6 Å². The van der Waals surface area contributed by atoms with Crippen LogP contribution in [0.4, 0.5) is 13.9 Å². The molecule has 0 saturated heterocycles. The van der Waals surface area contributed by atoms with Crippen molar-refractivity contribution in [3.8, 4) is 0 Å². The third-order valence-electron chi connectivity index (χ3n) is 3.36. The van der Waals surface area contributed by atoms with Gasteiger partial charge >= 0.3 is 0 Å². The summed E-state index contributed by atoms with van der Waals surface area (Å²) in [4.78, 5) is 17.0. The van der Waals surface area contributed by atoms with Crippen LogP contribution in [0.3, 0.4) is 0 Å². The Hall–Kier alpha value is -1.57. The van der Waals surface area contributed by atoms with Crippen LogP contribution in [-0.4, -0.2) is 16.9 Å². The van der Waals surface area contributed by atoms with Crippen LogP contribution in [0.1, 0.15) is 31.2 Å². The van der Waals surface area contributed by atoms with E-state index >= 15 is 0 Å². The number of carbonyl (C=O) groups is 1. The topological polar surface area (TPSA) is 68.0 Å². The summed E-state index contributed by atoms with van der Waals surface area (Å²) in [5.41, 5.74) is 6.18. The van der Waals surface area contributed by atoms with Gasteiger partial charge in [0.1, 0.15) is 0 Å². The number of hydrogen-bond donors (Lipinski definition) is 2. The predicted molar refractivity (Wildman–Crippen MR) is 94.6 cm³/mol. The van der Waals surface area contributed by atoms with Crippen LogP contribution in [0.25, 0.3) is 0 Å². The van der Waals surface area contributed by atoms with E-state index in [1.165, 1.54) is 17.4 Å². The summed E-state index contributed by atoms with van der Waals surface area (Å²) in [7, 11) is 0. The minimum atomic E-state index is -0.878. The van der Waals surface area contributed by atoms with Gasteiger partial charge in [0.05, 0.1) is 6.04 Å². The molecule has 0 spiro atoms. The van der Waals surface area contributed by atoms with Gasteiger partial charge in [-0.2, -0.15) is 0 Å². The van der Waals surface area contributed by atoms with Gasteiger partial charge in [0.15, 0.2) is 16.8 Å². The highest BCUT2D eigenvalue weighted by Gasteiger charge is 2.27. The quantitative estimate of drug-likeness (QED) is 0.855. The molecule has 0 fully saturated rings. The Kier molecular flexibility index (Phi) is 6.83. The third kappa shape index (κ3) is 5.22. The molecule has 1 atom stereocenters. The van der Waals surface area contributed by atoms with E-state index < -0.39 is 17.7 Å².